The summed E-state index contributed by atoms with van der Waals surface area (Å²) >= 11 is 0. The second-order valence-electron chi connectivity index (χ2n) is 5.42. The zero-order valence-electron chi connectivity index (χ0n) is 14.7. The average Bonchev–Trinajstić information content (AvgIpc) is 2.66. The Morgan fingerprint density at radius 1 is 1.00 bits per heavy atom. The van der Waals surface area contributed by atoms with Crippen LogP contribution in [0.2, 0.25) is 0 Å². The summed E-state index contributed by atoms with van der Waals surface area (Å²) in [6.07, 6.45) is 0.820. The summed E-state index contributed by atoms with van der Waals surface area (Å²) in [5, 5.41) is 2.18. The van der Waals surface area contributed by atoms with Crippen molar-refractivity contribution in [2.45, 2.75) is 13.3 Å². The average molecular weight is 379 g/mol. The molecule has 0 aromatic heterocycles. The highest BCUT2D eigenvalue weighted by atomic mass is 19.1. The number of carbonyl (C=O) groups excluding carboxylic acids is 2. The maximum absolute atomic E-state index is 13.5. The Morgan fingerprint density at radius 3 is 2.37 bits per heavy atom. The summed E-state index contributed by atoms with van der Waals surface area (Å²) < 4.78 is 41.9. The molecule has 2 rings (SSSR count). The van der Waals surface area contributed by atoms with Gasteiger partial charge < -0.3 is 19.5 Å². The quantitative estimate of drug-likeness (QED) is 0.677. The molecule has 144 valence electrons. The maximum atomic E-state index is 13.5. The third-order valence-corrected chi connectivity index (χ3v) is 3.23. The normalized spacial score (nSPS) is 10.2. The van der Waals surface area contributed by atoms with Gasteiger partial charge in [0.15, 0.2) is 24.7 Å². The van der Waals surface area contributed by atoms with Crippen molar-refractivity contribution in [1.82, 2.24) is 0 Å². The highest BCUT2D eigenvalue weighted by Crippen LogP contribution is 2.26. The van der Waals surface area contributed by atoms with E-state index in [1.807, 2.05) is 6.92 Å². The van der Waals surface area contributed by atoms with Crippen LogP contribution in [-0.2, 0) is 14.3 Å². The molecule has 1 amide bonds. The summed E-state index contributed by atoms with van der Waals surface area (Å²) in [5.41, 5.74) is -0.212. The number of esters is 1. The van der Waals surface area contributed by atoms with Gasteiger partial charge in [-0.15, -0.1) is 0 Å². The molecule has 0 bridgehead atoms. The van der Waals surface area contributed by atoms with Crippen LogP contribution in [0.1, 0.15) is 13.3 Å². The van der Waals surface area contributed by atoms with Crippen LogP contribution in [0.25, 0.3) is 0 Å². The Morgan fingerprint density at radius 2 is 1.70 bits per heavy atom. The SMILES string of the molecule is CCCOc1ccccc1OCC(=O)OCC(=O)Nc1ccc(F)cc1F. The van der Waals surface area contributed by atoms with Crippen molar-refractivity contribution in [2.24, 2.45) is 0 Å². The first-order valence-corrected chi connectivity index (χ1v) is 8.24. The molecular formula is C19H19F2NO5. The molecule has 2 aromatic carbocycles. The Kier molecular flexibility index (Phi) is 7.54. The fraction of sp³-hybridized carbons (Fsp3) is 0.263. The van der Waals surface area contributed by atoms with Gasteiger partial charge in [-0.05, 0) is 30.7 Å². The van der Waals surface area contributed by atoms with E-state index in [1.54, 1.807) is 24.3 Å². The number of rotatable bonds is 9. The van der Waals surface area contributed by atoms with E-state index in [9.17, 15) is 18.4 Å². The lowest BCUT2D eigenvalue weighted by Gasteiger charge is -2.12. The standard InChI is InChI=1S/C19H19F2NO5/c1-2-9-25-16-5-3-4-6-17(16)26-12-19(24)27-11-18(23)22-15-8-7-13(20)10-14(15)21/h3-8,10H,2,9,11-12H2,1H3,(H,22,23). The summed E-state index contributed by atoms with van der Waals surface area (Å²) in [4.78, 5) is 23.4. The van der Waals surface area contributed by atoms with Gasteiger partial charge in [-0.2, -0.15) is 0 Å². The first-order chi connectivity index (χ1) is 13.0. The van der Waals surface area contributed by atoms with Gasteiger partial charge in [0.05, 0.1) is 12.3 Å². The number of hydrogen-bond donors (Lipinski definition) is 1. The van der Waals surface area contributed by atoms with Crippen LogP contribution in [0.15, 0.2) is 42.5 Å². The monoisotopic (exact) mass is 379 g/mol. The Hall–Kier alpha value is -3.16. The molecule has 0 spiro atoms. The van der Waals surface area contributed by atoms with Crippen LogP contribution in [0.3, 0.4) is 0 Å². The molecule has 0 unspecified atom stereocenters. The van der Waals surface area contributed by atoms with Crippen LogP contribution in [-0.4, -0.2) is 31.7 Å². The molecule has 27 heavy (non-hydrogen) atoms. The van der Waals surface area contributed by atoms with E-state index in [0.29, 0.717) is 24.2 Å². The number of para-hydroxylation sites is 2. The number of halogens is 2. The molecule has 1 N–H and O–H groups in total. The van der Waals surface area contributed by atoms with E-state index in [1.165, 1.54) is 0 Å². The number of benzene rings is 2. The lowest BCUT2D eigenvalue weighted by molar-refractivity contribution is -0.149. The molecular weight excluding hydrogens is 360 g/mol. The molecule has 2 aromatic rings. The van der Waals surface area contributed by atoms with Crippen molar-refractivity contribution >= 4 is 17.6 Å². The Labute approximate surface area is 155 Å². The molecule has 6 nitrogen and oxygen atoms in total. The summed E-state index contributed by atoms with van der Waals surface area (Å²) in [6, 6.07) is 9.55. The number of carbonyl (C=O) groups is 2. The zero-order chi connectivity index (χ0) is 19.6. The molecule has 8 heteroatoms. The highest BCUT2D eigenvalue weighted by Gasteiger charge is 2.12. The van der Waals surface area contributed by atoms with E-state index < -0.39 is 36.7 Å². The number of ether oxygens (including phenoxy) is 3. The number of nitrogens with one attached hydrogen (secondary N) is 1. The number of amides is 1. The van der Waals surface area contributed by atoms with Gasteiger partial charge in [0.25, 0.3) is 5.91 Å². The Bertz CT molecular complexity index is 797. The van der Waals surface area contributed by atoms with Crippen LogP contribution in [0.4, 0.5) is 14.5 Å². The third-order valence-electron chi connectivity index (χ3n) is 3.23. The first kappa shape index (κ1) is 20.2. The van der Waals surface area contributed by atoms with Gasteiger partial charge in [0.1, 0.15) is 11.6 Å². The molecule has 0 saturated carbocycles. The van der Waals surface area contributed by atoms with E-state index in [2.05, 4.69) is 5.32 Å². The van der Waals surface area contributed by atoms with Crippen molar-refractivity contribution in [1.29, 1.82) is 0 Å². The second kappa shape index (κ2) is 10.1. The van der Waals surface area contributed by atoms with Gasteiger partial charge in [0.2, 0.25) is 0 Å². The lowest BCUT2D eigenvalue weighted by Crippen LogP contribution is -2.24. The summed E-state index contributed by atoms with van der Waals surface area (Å²) in [6.45, 7) is 1.41. The minimum atomic E-state index is -0.929. The number of anilines is 1. The van der Waals surface area contributed by atoms with Crippen molar-refractivity contribution in [2.75, 3.05) is 25.1 Å². The topological polar surface area (TPSA) is 73.9 Å². The summed E-state index contributed by atoms with van der Waals surface area (Å²) in [5.74, 6) is -2.37. The summed E-state index contributed by atoms with van der Waals surface area (Å²) in [7, 11) is 0. The van der Waals surface area contributed by atoms with Crippen molar-refractivity contribution in [3.63, 3.8) is 0 Å². The van der Waals surface area contributed by atoms with Crippen molar-refractivity contribution in [3.05, 3.63) is 54.1 Å². The van der Waals surface area contributed by atoms with Crippen LogP contribution in [0.5, 0.6) is 11.5 Å². The molecule has 0 aliphatic carbocycles. The third kappa shape index (κ3) is 6.58. The molecule has 0 radical (unpaired) electrons. The van der Waals surface area contributed by atoms with Gasteiger partial charge in [-0.25, -0.2) is 13.6 Å². The van der Waals surface area contributed by atoms with Gasteiger partial charge in [-0.3, -0.25) is 4.79 Å². The molecule has 0 heterocycles. The van der Waals surface area contributed by atoms with Crippen LogP contribution in [0, 0.1) is 11.6 Å². The molecule has 0 aliphatic rings. The lowest BCUT2D eigenvalue weighted by atomic mass is 10.3. The predicted octanol–water partition coefficient (Wildman–Crippen LogP) is 3.31. The number of hydrogen-bond acceptors (Lipinski definition) is 5. The first-order valence-electron chi connectivity index (χ1n) is 8.24. The van der Waals surface area contributed by atoms with Crippen molar-refractivity contribution in [3.8, 4) is 11.5 Å². The van der Waals surface area contributed by atoms with E-state index in [-0.39, 0.29) is 5.69 Å². The largest absolute Gasteiger partial charge is 0.490 e. The maximum Gasteiger partial charge on any atom is 0.344 e. The highest BCUT2D eigenvalue weighted by molar-refractivity contribution is 5.92. The zero-order valence-corrected chi connectivity index (χ0v) is 14.7. The van der Waals surface area contributed by atoms with Gasteiger partial charge >= 0.3 is 5.97 Å². The van der Waals surface area contributed by atoms with Crippen LogP contribution < -0.4 is 14.8 Å². The Balaban J connectivity index is 1.78. The van der Waals surface area contributed by atoms with Gasteiger partial charge in [-0.1, -0.05) is 19.1 Å². The molecule has 0 atom stereocenters. The minimum Gasteiger partial charge on any atom is -0.490 e. The smallest absolute Gasteiger partial charge is 0.344 e. The fourth-order valence-corrected chi connectivity index (χ4v) is 2.00. The van der Waals surface area contributed by atoms with E-state index in [0.717, 1.165) is 18.6 Å². The van der Waals surface area contributed by atoms with Crippen LogP contribution >= 0.6 is 0 Å². The predicted molar refractivity (Wildman–Crippen MR) is 93.7 cm³/mol. The fourth-order valence-electron chi connectivity index (χ4n) is 2.00. The van der Waals surface area contributed by atoms with Gasteiger partial charge in [0, 0.05) is 6.07 Å². The van der Waals surface area contributed by atoms with E-state index in [4.69, 9.17) is 14.2 Å². The van der Waals surface area contributed by atoms with E-state index >= 15 is 0 Å². The van der Waals surface area contributed by atoms with Crippen molar-refractivity contribution < 1.29 is 32.6 Å². The minimum absolute atomic E-state index is 0.212. The molecule has 0 fully saturated rings. The second-order valence-corrected chi connectivity index (χ2v) is 5.42. The molecule has 0 aliphatic heterocycles. The molecule has 0 saturated heterocycles.